The number of hydrogen-bond donors (Lipinski definition) is 0. The number of carbonyl (C=O) groups is 1. The molecule has 0 aliphatic carbocycles. The van der Waals surface area contributed by atoms with Crippen LogP contribution in [-0.4, -0.2) is 20.8 Å². The molecule has 3 aromatic rings. The predicted molar refractivity (Wildman–Crippen MR) is 119 cm³/mol. The zero-order valence-electron chi connectivity index (χ0n) is 17.2. The van der Waals surface area contributed by atoms with E-state index in [0.29, 0.717) is 23.5 Å². The Bertz CT molecular complexity index is 1070. The van der Waals surface area contributed by atoms with Gasteiger partial charge in [-0.15, -0.1) is 0 Å². The molecule has 1 atom stereocenters. The predicted octanol–water partition coefficient (Wildman–Crippen LogP) is 5.57. The topological polar surface area (TPSA) is 60.4 Å². The molecule has 30 heavy (non-hydrogen) atoms. The van der Waals surface area contributed by atoms with Crippen molar-refractivity contribution in [2.45, 2.75) is 36.8 Å². The highest BCUT2D eigenvalue weighted by atomic mass is 32.2. The molecule has 0 amide bonds. The van der Waals surface area contributed by atoms with E-state index in [1.165, 1.54) is 0 Å². The summed E-state index contributed by atoms with van der Waals surface area (Å²) in [4.78, 5) is 13.1. The van der Waals surface area contributed by atoms with Gasteiger partial charge in [0.05, 0.1) is 16.8 Å². The summed E-state index contributed by atoms with van der Waals surface area (Å²) in [5.74, 6) is 0.479. The summed E-state index contributed by atoms with van der Waals surface area (Å²) in [5.41, 5.74) is 2.13. The van der Waals surface area contributed by atoms with Crippen molar-refractivity contribution in [1.82, 2.24) is 0 Å². The van der Waals surface area contributed by atoms with Crippen LogP contribution in [0.1, 0.15) is 46.5 Å². The molecule has 3 aromatic carbocycles. The van der Waals surface area contributed by atoms with Gasteiger partial charge in [-0.05, 0) is 43.2 Å². The van der Waals surface area contributed by atoms with Crippen molar-refractivity contribution in [2.75, 3.05) is 6.61 Å². The van der Waals surface area contributed by atoms with Crippen LogP contribution in [0.4, 0.5) is 0 Å². The van der Waals surface area contributed by atoms with Gasteiger partial charge in [0.15, 0.2) is 15.6 Å². The Balaban J connectivity index is 1.96. The summed E-state index contributed by atoms with van der Waals surface area (Å²) in [6.07, 6.45) is 0.757. The largest absolute Gasteiger partial charge is 0.494 e. The van der Waals surface area contributed by atoms with Gasteiger partial charge in [0.2, 0.25) is 0 Å². The van der Waals surface area contributed by atoms with Crippen molar-refractivity contribution in [1.29, 1.82) is 0 Å². The number of carbonyl (C=O) groups excluding carboxylic acids is 1. The molecule has 156 valence electrons. The lowest BCUT2D eigenvalue weighted by Crippen LogP contribution is -2.18. The molecular formula is C25H26O4S. The number of sulfone groups is 1. The van der Waals surface area contributed by atoms with Gasteiger partial charge in [0.1, 0.15) is 5.75 Å². The molecule has 4 nitrogen and oxygen atoms in total. The molecule has 0 saturated carbocycles. The van der Waals surface area contributed by atoms with E-state index in [2.05, 4.69) is 0 Å². The van der Waals surface area contributed by atoms with Gasteiger partial charge in [-0.2, -0.15) is 0 Å². The highest BCUT2D eigenvalue weighted by molar-refractivity contribution is 7.91. The van der Waals surface area contributed by atoms with Crippen molar-refractivity contribution >= 4 is 15.6 Å². The third kappa shape index (κ3) is 5.16. The average Bonchev–Trinajstić information content (AvgIpc) is 2.77. The van der Waals surface area contributed by atoms with Crippen LogP contribution in [0.3, 0.4) is 0 Å². The third-order valence-corrected chi connectivity index (χ3v) is 7.03. The number of hydrogen-bond acceptors (Lipinski definition) is 4. The van der Waals surface area contributed by atoms with Crippen LogP contribution in [-0.2, 0) is 9.84 Å². The Labute approximate surface area is 178 Å². The van der Waals surface area contributed by atoms with E-state index in [1.807, 2.05) is 26.0 Å². The van der Waals surface area contributed by atoms with Crippen molar-refractivity contribution < 1.29 is 17.9 Å². The molecular weight excluding hydrogens is 396 g/mol. The van der Waals surface area contributed by atoms with Gasteiger partial charge in [0.25, 0.3) is 0 Å². The first kappa shape index (κ1) is 21.8. The average molecular weight is 423 g/mol. The summed E-state index contributed by atoms with van der Waals surface area (Å²) in [7, 11) is -3.76. The molecule has 3 rings (SSSR count). The van der Waals surface area contributed by atoms with E-state index in [-0.39, 0.29) is 17.1 Å². The van der Waals surface area contributed by atoms with Crippen LogP contribution in [0.5, 0.6) is 5.75 Å². The lowest BCUT2D eigenvalue weighted by atomic mass is 10.0. The minimum atomic E-state index is -3.76. The fourth-order valence-corrected chi connectivity index (χ4v) is 4.96. The molecule has 1 unspecified atom stereocenters. The number of benzene rings is 3. The van der Waals surface area contributed by atoms with Crippen LogP contribution in [0.25, 0.3) is 0 Å². The summed E-state index contributed by atoms with van der Waals surface area (Å²) < 4.78 is 32.5. The van der Waals surface area contributed by atoms with Crippen LogP contribution < -0.4 is 4.74 Å². The first-order chi connectivity index (χ1) is 14.4. The molecule has 0 aliphatic heterocycles. The minimum Gasteiger partial charge on any atom is -0.494 e. The molecule has 0 spiro atoms. The summed E-state index contributed by atoms with van der Waals surface area (Å²) in [6, 6.07) is 22.5. The van der Waals surface area contributed by atoms with E-state index in [0.717, 1.165) is 12.0 Å². The third-order valence-electron chi connectivity index (χ3n) is 4.92. The molecule has 0 saturated heterocycles. The zero-order valence-corrected chi connectivity index (χ0v) is 18.1. The van der Waals surface area contributed by atoms with Gasteiger partial charge >= 0.3 is 0 Å². The second-order valence-corrected chi connectivity index (χ2v) is 9.39. The quantitative estimate of drug-likeness (QED) is 0.423. The lowest BCUT2D eigenvalue weighted by molar-refractivity contribution is 0.0980. The van der Waals surface area contributed by atoms with Crippen LogP contribution in [0.15, 0.2) is 83.8 Å². The van der Waals surface area contributed by atoms with Gasteiger partial charge in [0, 0.05) is 12.0 Å². The SMILES string of the molecule is CCCOc1ccc(C(CC(=O)c2ccc(C)cc2)S(=O)(=O)c2ccccc2)cc1. The van der Waals surface area contributed by atoms with Gasteiger partial charge in [-0.25, -0.2) is 8.42 Å². The molecule has 0 radical (unpaired) electrons. The van der Waals surface area contributed by atoms with Gasteiger partial charge in [-0.1, -0.05) is 67.1 Å². The zero-order chi connectivity index (χ0) is 21.6. The fraction of sp³-hybridized carbons (Fsp3) is 0.240. The van der Waals surface area contributed by atoms with Crippen LogP contribution in [0, 0.1) is 6.92 Å². The van der Waals surface area contributed by atoms with Gasteiger partial charge < -0.3 is 4.74 Å². The first-order valence-electron chi connectivity index (χ1n) is 10.0. The van der Waals surface area contributed by atoms with Crippen molar-refractivity contribution in [3.8, 4) is 5.75 Å². The number of ketones is 1. The van der Waals surface area contributed by atoms with Crippen LogP contribution in [0.2, 0.25) is 0 Å². The van der Waals surface area contributed by atoms with E-state index in [4.69, 9.17) is 4.74 Å². The highest BCUT2D eigenvalue weighted by Crippen LogP contribution is 2.34. The smallest absolute Gasteiger partial charge is 0.185 e. The Morgan fingerprint density at radius 1 is 0.900 bits per heavy atom. The summed E-state index contributed by atoms with van der Waals surface area (Å²) in [6.45, 7) is 4.56. The minimum absolute atomic E-state index is 0.130. The van der Waals surface area contributed by atoms with E-state index < -0.39 is 15.1 Å². The number of ether oxygens (including phenoxy) is 1. The molecule has 0 bridgehead atoms. The molecule has 0 aliphatic rings. The number of aryl methyl sites for hydroxylation is 1. The molecule has 0 fully saturated rings. The Hall–Kier alpha value is -2.92. The monoisotopic (exact) mass is 422 g/mol. The summed E-state index contributed by atoms with van der Waals surface area (Å²) in [5, 5.41) is -0.978. The first-order valence-corrected chi connectivity index (χ1v) is 11.6. The Morgan fingerprint density at radius 3 is 2.13 bits per heavy atom. The lowest BCUT2D eigenvalue weighted by Gasteiger charge is -2.18. The highest BCUT2D eigenvalue weighted by Gasteiger charge is 2.31. The van der Waals surface area contributed by atoms with E-state index >= 15 is 0 Å². The molecule has 0 heterocycles. The van der Waals surface area contributed by atoms with E-state index in [1.54, 1.807) is 66.7 Å². The standard InChI is InChI=1S/C25H26O4S/c1-3-17-29-22-15-13-21(14-16-22)25(30(27,28)23-7-5-4-6-8-23)18-24(26)20-11-9-19(2)10-12-20/h4-16,25H,3,17-18H2,1-2H3. The van der Waals surface area contributed by atoms with Crippen molar-refractivity contribution in [3.63, 3.8) is 0 Å². The number of rotatable bonds is 9. The maximum atomic E-state index is 13.4. The number of Topliss-reactive ketones (excluding diaryl/α,β-unsaturated/α-hetero) is 1. The Morgan fingerprint density at radius 2 is 1.53 bits per heavy atom. The maximum Gasteiger partial charge on any atom is 0.185 e. The van der Waals surface area contributed by atoms with Crippen molar-refractivity contribution in [3.05, 3.63) is 95.6 Å². The normalized spacial score (nSPS) is 12.3. The van der Waals surface area contributed by atoms with Gasteiger partial charge in [-0.3, -0.25) is 4.79 Å². The molecule has 0 aromatic heterocycles. The van der Waals surface area contributed by atoms with Crippen LogP contribution >= 0.6 is 0 Å². The second-order valence-electron chi connectivity index (χ2n) is 7.26. The Kier molecular flexibility index (Phi) is 7.06. The second kappa shape index (κ2) is 9.72. The van der Waals surface area contributed by atoms with E-state index in [9.17, 15) is 13.2 Å². The molecule has 0 N–H and O–H groups in total. The van der Waals surface area contributed by atoms with Crippen molar-refractivity contribution in [2.24, 2.45) is 0 Å². The summed E-state index contributed by atoms with van der Waals surface area (Å²) >= 11 is 0. The fourth-order valence-electron chi connectivity index (χ4n) is 3.21. The molecule has 5 heteroatoms. The maximum absolute atomic E-state index is 13.4.